The van der Waals surface area contributed by atoms with Gasteiger partial charge < -0.3 is 5.11 Å². The van der Waals surface area contributed by atoms with Crippen LogP contribution in [0.4, 0.5) is 8.78 Å². The molecule has 0 heterocycles. The van der Waals surface area contributed by atoms with Crippen LogP contribution in [0.1, 0.15) is 55.6 Å². The summed E-state index contributed by atoms with van der Waals surface area (Å²) in [5, 5.41) is 9.14. The zero-order valence-electron chi connectivity index (χ0n) is 12.3. The number of hydrogen-bond acceptors (Lipinski definition) is 3. The van der Waals surface area contributed by atoms with E-state index in [2.05, 4.69) is 0 Å². The minimum Gasteiger partial charge on any atom is -0.478 e. The van der Waals surface area contributed by atoms with Crippen LogP contribution >= 0.6 is 0 Å². The van der Waals surface area contributed by atoms with Crippen LogP contribution in [0.5, 0.6) is 0 Å². The van der Waals surface area contributed by atoms with Gasteiger partial charge in [0.15, 0.2) is 9.84 Å². The molecule has 118 valence electrons. The number of sulfone groups is 1. The Morgan fingerprint density at radius 3 is 2.14 bits per heavy atom. The van der Waals surface area contributed by atoms with Gasteiger partial charge in [-0.15, -0.1) is 0 Å². The topological polar surface area (TPSA) is 71.4 Å². The third-order valence-electron chi connectivity index (χ3n) is 3.18. The van der Waals surface area contributed by atoms with Gasteiger partial charge in [0.25, 0.3) is 6.43 Å². The molecule has 0 aliphatic rings. The fraction of sp³-hybridized carbons (Fsp3) is 0.500. The van der Waals surface area contributed by atoms with Gasteiger partial charge in [0.2, 0.25) is 0 Å². The van der Waals surface area contributed by atoms with Crippen LogP contribution in [-0.2, 0) is 16.3 Å². The van der Waals surface area contributed by atoms with Crippen molar-refractivity contribution in [1.82, 2.24) is 0 Å². The summed E-state index contributed by atoms with van der Waals surface area (Å²) in [7, 11) is -4.09. The van der Waals surface area contributed by atoms with Crippen molar-refractivity contribution < 1.29 is 27.1 Å². The molecule has 4 nitrogen and oxygen atoms in total. The van der Waals surface area contributed by atoms with E-state index in [1.165, 1.54) is 20.8 Å². The van der Waals surface area contributed by atoms with E-state index in [0.29, 0.717) is 0 Å². The molecule has 0 aliphatic heterocycles. The van der Waals surface area contributed by atoms with Crippen LogP contribution in [0.25, 0.3) is 0 Å². The number of rotatable bonds is 4. The standard InChI is InChI=1S/C14H18F2O4S/c1-5-8-9(13(17)18)6-7-10(12(15)16)11(8)21(19,20)14(2,3)4/h6-7,12H,5H2,1-4H3,(H,17,18). The van der Waals surface area contributed by atoms with Gasteiger partial charge in [-0.2, -0.15) is 0 Å². The Balaban J connectivity index is 3.92. The molecular formula is C14H18F2O4S. The summed E-state index contributed by atoms with van der Waals surface area (Å²) >= 11 is 0. The molecule has 1 aromatic rings. The van der Waals surface area contributed by atoms with E-state index in [4.69, 9.17) is 5.11 Å². The Labute approximate surface area is 122 Å². The van der Waals surface area contributed by atoms with Gasteiger partial charge in [-0.1, -0.05) is 13.0 Å². The summed E-state index contributed by atoms with van der Waals surface area (Å²) in [4.78, 5) is 10.7. The number of benzene rings is 1. The molecule has 0 radical (unpaired) electrons. The molecule has 21 heavy (non-hydrogen) atoms. The predicted octanol–water partition coefficient (Wildman–Crippen LogP) is 3.46. The highest BCUT2D eigenvalue weighted by molar-refractivity contribution is 7.92. The second-order valence-electron chi connectivity index (χ2n) is 5.59. The van der Waals surface area contributed by atoms with Crippen LogP contribution in [0, 0.1) is 0 Å². The lowest BCUT2D eigenvalue weighted by Gasteiger charge is -2.24. The van der Waals surface area contributed by atoms with E-state index in [0.717, 1.165) is 12.1 Å². The summed E-state index contributed by atoms with van der Waals surface area (Å²) in [6.45, 7) is 5.72. The van der Waals surface area contributed by atoms with Crippen molar-refractivity contribution in [3.05, 3.63) is 28.8 Å². The van der Waals surface area contributed by atoms with Gasteiger partial charge >= 0.3 is 5.97 Å². The zero-order valence-corrected chi connectivity index (χ0v) is 13.1. The fourth-order valence-corrected chi connectivity index (χ4v) is 3.65. The first-order valence-corrected chi connectivity index (χ1v) is 7.85. The van der Waals surface area contributed by atoms with Crippen molar-refractivity contribution in [1.29, 1.82) is 0 Å². The smallest absolute Gasteiger partial charge is 0.336 e. The number of aromatic carboxylic acids is 1. The normalized spacial score (nSPS) is 12.7. The quantitative estimate of drug-likeness (QED) is 0.922. The average Bonchev–Trinajstić information content (AvgIpc) is 2.34. The second kappa shape index (κ2) is 5.71. The van der Waals surface area contributed by atoms with Crippen molar-refractivity contribution in [2.75, 3.05) is 0 Å². The monoisotopic (exact) mass is 320 g/mol. The van der Waals surface area contributed by atoms with Gasteiger partial charge in [0.1, 0.15) is 0 Å². The number of hydrogen-bond donors (Lipinski definition) is 1. The van der Waals surface area contributed by atoms with E-state index in [1.807, 2.05) is 0 Å². The number of carboxylic acids is 1. The van der Waals surface area contributed by atoms with Crippen molar-refractivity contribution in [3.8, 4) is 0 Å². The van der Waals surface area contributed by atoms with Gasteiger partial charge in [0, 0.05) is 5.56 Å². The Morgan fingerprint density at radius 1 is 1.29 bits per heavy atom. The minimum atomic E-state index is -4.09. The number of carbonyl (C=O) groups is 1. The molecule has 0 amide bonds. The lowest BCUT2D eigenvalue weighted by molar-refractivity contribution is 0.0694. The molecule has 1 aromatic carbocycles. The molecule has 0 aromatic heterocycles. The van der Waals surface area contributed by atoms with Crippen molar-refractivity contribution in [3.63, 3.8) is 0 Å². The van der Waals surface area contributed by atoms with E-state index >= 15 is 0 Å². The molecule has 0 unspecified atom stereocenters. The number of alkyl halides is 2. The Hall–Kier alpha value is -1.50. The highest BCUT2D eigenvalue weighted by Gasteiger charge is 2.37. The van der Waals surface area contributed by atoms with Crippen molar-refractivity contribution >= 4 is 15.8 Å². The molecule has 0 saturated heterocycles. The number of halogens is 2. The van der Waals surface area contributed by atoms with Crippen LogP contribution < -0.4 is 0 Å². The molecule has 0 saturated carbocycles. The minimum absolute atomic E-state index is 0.0346. The van der Waals surface area contributed by atoms with E-state index in [9.17, 15) is 22.0 Å². The van der Waals surface area contributed by atoms with E-state index < -0.39 is 37.4 Å². The van der Waals surface area contributed by atoms with Gasteiger partial charge in [0.05, 0.1) is 15.2 Å². The number of carboxylic acid groups (broad SMARTS) is 1. The summed E-state index contributed by atoms with van der Waals surface area (Å²) in [6.07, 6.45) is -2.96. The summed E-state index contributed by atoms with van der Waals surface area (Å²) < 4.78 is 50.3. The van der Waals surface area contributed by atoms with Gasteiger partial charge in [-0.25, -0.2) is 22.0 Å². The van der Waals surface area contributed by atoms with Crippen LogP contribution in [-0.4, -0.2) is 24.2 Å². The Kier molecular flexibility index (Phi) is 4.77. The maximum atomic E-state index is 13.2. The lowest BCUT2D eigenvalue weighted by Crippen LogP contribution is -2.30. The highest BCUT2D eigenvalue weighted by atomic mass is 32.2. The SMILES string of the molecule is CCc1c(C(=O)O)ccc(C(F)F)c1S(=O)(=O)C(C)(C)C. The summed E-state index contributed by atoms with van der Waals surface area (Å²) in [5.41, 5.74) is -0.980. The molecule has 1 rings (SSSR count). The van der Waals surface area contributed by atoms with E-state index in [-0.39, 0.29) is 17.5 Å². The summed E-state index contributed by atoms with van der Waals surface area (Å²) in [6, 6.07) is 1.91. The Morgan fingerprint density at radius 2 is 1.81 bits per heavy atom. The molecule has 0 aliphatic carbocycles. The second-order valence-corrected chi connectivity index (χ2v) is 8.23. The highest BCUT2D eigenvalue weighted by Crippen LogP contribution is 2.36. The van der Waals surface area contributed by atoms with Gasteiger partial charge in [-0.3, -0.25) is 0 Å². The predicted molar refractivity (Wildman–Crippen MR) is 74.7 cm³/mol. The molecule has 7 heteroatoms. The first-order chi connectivity index (χ1) is 9.45. The maximum Gasteiger partial charge on any atom is 0.336 e. The lowest BCUT2D eigenvalue weighted by atomic mass is 10.0. The van der Waals surface area contributed by atoms with Crippen molar-refractivity contribution in [2.45, 2.75) is 50.2 Å². The zero-order chi connectivity index (χ0) is 16.6. The summed E-state index contributed by atoms with van der Waals surface area (Å²) in [5.74, 6) is -1.34. The Bertz CT molecular complexity index is 658. The third kappa shape index (κ3) is 3.07. The van der Waals surface area contributed by atoms with Crippen LogP contribution in [0.2, 0.25) is 0 Å². The van der Waals surface area contributed by atoms with E-state index in [1.54, 1.807) is 6.92 Å². The molecule has 1 N–H and O–H groups in total. The molecular weight excluding hydrogens is 302 g/mol. The first kappa shape index (κ1) is 17.6. The van der Waals surface area contributed by atoms with Gasteiger partial charge in [-0.05, 0) is 38.8 Å². The van der Waals surface area contributed by atoms with Crippen LogP contribution in [0.15, 0.2) is 17.0 Å². The molecule has 0 spiro atoms. The molecule has 0 fully saturated rings. The van der Waals surface area contributed by atoms with Crippen LogP contribution in [0.3, 0.4) is 0 Å². The first-order valence-electron chi connectivity index (χ1n) is 6.37. The van der Waals surface area contributed by atoms with Crippen molar-refractivity contribution in [2.24, 2.45) is 0 Å². The molecule has 0 atom stereocenters. The third-order valence-corrected chi connectivity index (χ3v) is 5.82. The average molecular weight is 320 g/mol. The fourth-order valence-electron chi connectivity index (χ4n) is 1.99. The largest absolute Gasteiger partial charge is 0.478 e. The maximum absolute atomic E-state index is 13.2. The molecule has 0 bridgehead atoms.